The van der Waals surface area contributed by atoms with Crippen molar-refractivity contribution in [2.24, 2.45) is 17.3 Å². The Morgan fingerprint density at radius 2 is 1.81 bits per heavy atom. The summed E-state index contributed by atoms with van der Waals surface area (Å²) >= 11 is 6.22. The summed E-state index contributed by atoms with van der Waals surface area (Å²) in [4.78, 5) is 42.3. The van der Waals surface area contributed by atoms with Crippen LogP contribution in [0.5, 0.6) is 0 Å². The lowest BCUT2D eigenvalue weighted by atomic mass is 9.65. The van der Waals surface area contributed by atoms with Gasteiger partial charge in [0, 0.05) is 50.8 Å². The molecule has 4 rings (SSSR count). The molecule has 2 atom stereocenters. The van der Waals surface area contributed by atoms with Gasteiger partial charge in [-0.1, -0.05) is 63.5 Å². The minimum Gasteiger partial charge on any atom is -0.387 e. The molecule has 2 heterocycles. The van der Waals surface area contributed by atoms with Gasteiger partial charge < -0.3 is 19.5 Å². The van der Waals surface area contributed by atoms with Crippen LogP contribution in [0.1, 0.15) is 87.9 Å². The zero-order valence-electron chi connectivity index (χ0n) is 22.1. The van der Waals surface area contributed by atoms with Gasteiger partial charge in [0.15, 0.2) is 0 Å². The Morgan fingerprint density at radius 3 is 2.44 bits per heavy atom. The Bertz CT molecular complexity index is 1030. The fourth-order valence-electron chi connectivity index (χ4n) is 6.98. The zero-order chi connectivity index (χ0) is 26.1. The maximum Gasteiger partial charge on any atom is 0.256 e. The van der Waals surface area contributed by atoms with Gasteiger partial charge in [0.25, 0.3) is 11.5 Å². The van der Waals surface area contributed by atoms with Crippen molar-refractivity contribution in [3.05, 3.63) is 33.2 Å². The van der Waals surface area contributed by atoms with Gasteiger partial charge in [0.1, 0.15) is 0 Å². The number of piperidine rings is 1. The number of hydrogen-bond acceptors (Lipinski definition) is 4. The normalized spacial score (nSPS) is 25.2. The molecule has 36 heavy (non-hydrogen) atoms. The highest BCUT2D eigenvalue weighted by atomic mass is 35.5. The largest absolute Gasteiger partial charge is 0.387 e. The Hall–Kier alpha value is -1.86. The third-order valence-electron chi connectivity index (χ3n) is 9.13. The molecule has 1 aromatic rings. The van der Waals surface area contributed by atoms with Crippen LogP contribution in [0.15, 0.2) is 17.1 Å². The molecule has 1 aromatic heterocycles. The Balaban J connectivity index is 1.53. The van der Waals surface area contributed by atoms with Gasteiger partial charge in [-0.15, -0.1) is 0 Å². The van der Waals surface area contributed by atoms with Crippen LogP contribution in [-0.2, 0) is 11.3 Å². The molecule has 1 unspecified atom stereocenters. The molecular weight excluding hydrogens is 478 g/mol. The van der Waals surface area contributed by atoms with Gasteiger partial charge in [-0.2, -0.15) is 0 Å². The highest BCUT2D eigenvalue weighted by Gasteiger charge is 2.55. The average Bonchev–Trinajstić information content (AvgIpc) is 3.32. The van der Waals surface area contributed by atoms with E-state index in [-0.39, 0.29) is 40.4 Å². The monoisotopic (exact) mass is 519 g/mol. The molecule has 200 valence electrons. The summed E-state index contributed by atoms with van der Waals surface area (Å²) in [6.45, 7) is 3.17. The molecule has 1 spiro atoms. The lowest BCUT2D eigenvalue weighted by Crippen LogP contribution is -2.62. The quantitative estimate of drug-likeness (QED) is 0.606. The molecule has 0 bridgehead atoms. The van der Waals surface area contributed by atoms with Crippen LogP contribution in [0.3, 0.4) is 0 Å². The molecule has 1 saturated heterocycles. The third-order valence-corrected chi connectivity index (χ3v) is 9.44. The van der Waals surface area contributed by atoms with Crippen molar-refractivity contribution < 1.29 is 14.7 Å². The number of carbonyl (C=O) groups excluding carboxylic acids is 2. The number of halogens is 1. The van der Waals surface area contributed by atoms with Crippen molar-refractivity contribution >= 4 is 23.4 Å². The molecule has 0 aromatic carbocycles. The first-order valence-electron chi connectivity index (χ1n) is 13.7. The van der Waals surface area contributed by atoms with E-state index in [1.807, 2.05) is 4.90 Å². The van der Waals surface area contributed by atoms with Gasteiger partial charge in [-0.3, -0.25) is 14.4 Å². The molecule has 1 aliphatic heterocycles. The Morgan fingerprint density at radius 1 is 1.14 bits per heavy atom. The molecule has 7 nitrogen and oxygen atoms in total. The van der Waals surface area contributed by atoms with E-state index < -0.39 is 11.0 Å². The van der Waals surface area contributed by atoms with Crippen molar-refractivity contribution in [2.75, 3.05) is 27.2 Å². The smallest absolute Gasteiger partial charge is 0.256 e. The SMILES string of the molecule is C[C@H](CC1CCCCC1)C(=O)N1CCC(O)(Cn2cc(C(=O)N(C)C)c(Cl)cc2=O)C2(CCCC2)C1. The Labute approximate surface area is 219 Å². The van der Waals surface area contributed by atoms with Gasteiger partial charge >= 0.3 is 0 Å². The van der Waals surface area contributed by atoms with Crippen molar-refractivity contribution in [1.82, 2.24) is 14.4 Å². The number of likely N-dealkylation sites (tertiary alicyclic amines) is 1. The van der Waals surface area contributed by atoms with E-state index in [0.717, 1.165) is 32.1 Å². The first kappa shape index (κ1) is 27.2. The minimum atomic E-state index is -1.14. The van der Waals surface area contributed by atoms with Gasteiger partial charge in [-0.25, -0.2) is 0 Å². The number of aromatic nitrogens is 1. The molecule has 8 heteroatoms. The summed E-state index contributed by atoms with van der Waals surface area (Å²) < 4.78 is 1.44. The van der Waals surface area contributed by atoms with Crippen LogP contribution in [0, 0.1) is 17.3 Å². The second kappa shape index (κ2) is 10.9. The van der Waals surface area contributed by atoms with Crippen molar-refractivity contribution in [3.8, 4) is 0 Å². The number of hydrogen-bond donors (Lipinski definition) is 1. The fourth-order valence-corrected chi connectivity index (χ4v) is 7.20. The summed E-state index contributed by atoms with van der Waals surface area (Å²) in [5.41, 5.74) is -1.68. The molecule has 0 radical (unpaired) electrons. The van der Waals surface area contributed by atoms with E-state index in [1.165, 1.54) is 53.8 Å². The van der Waals surface area contributed by atoms with Crippen LogP contribution >= 0.6 is 11.6 Å². The van der Waals surface area contributed by atoms with E-state index in [1.54, 1.807) is 14.1 Å². The lowest BCUT2D eigenvalue weighted by molar-refractivity contribution is -0.163. The number of nitrogens with zero attached hydrogens (tertiary/aromatic N) is 3. The topological polar surface area (TPSA) is 82.8 Å². The van der Waals surface area contributed by atoms with Crippen LogP contribution < -0.4 is 5.56 Å². The predicted octanol–water partition coefficient (Wildman–Crippen LogP) is 4.33. The number of aliphatic hydroxyl groups is 1. The van der Waals surface area contributed by atoms with E-state index in [2.05, 4.69) is 6.92 Å². The average molecular weight is 520 g/mol. The minimum absolute atomic E-state index is 0.00349. The summed E-state index contributed by atoms with van der Waals surface area (Å²) in [6, 6.07) is 1.26. The molecular formula is C28H42ClN3O4. The second-order valence-electron chi connectivity index (χ2n) is 11.9. The third kappa shape index (κ3) is 5.38. The van der Waals surface area contributed by atoms with Crippen LogP contribution in [-0.4, -0.2) is 64.1 Å². The van der Waals surface area contributed by atoms with E-state index in [9.17, 15) is 19.5 Å². The summed E-state index contributed by atoms with van der Waals surface area (Å²) in [7, 11) is 3.27. The summed E-state index contributed by atoms with van der Waals surface area (Å²) in [5, 5.41) is 12.2. The first-order valence-corrected chi connectivity index (χ1v) is 14.1. The molecule has 2 amide bonds. The van der Waals surface area contributed by atoms with E-state index in [0.29, 0.717) is 25.4 Å². The molecule has 2 aliphatic carbocycles. The first-order chi connectivity index (χ1) is 17.0. The number of carbonyl (C=O) groups is 2. The van der Waals surface area contributed by atoms with Crippen LogP contribution in [0.25, 0.3) is 0 Å². The van der Waals surface area contributed by atoms with Crippen molar-refractivity contribution in [1.29, 1.82) is 0 Å². The zero-order valence-corrected chi connectivity index (χ0v) is 22.9. The summed E-state index contributed by atoms with van der Waals surface area (Å²) in [6.07, 6.45) is 12.8. The molecule has 3 fully saturated rings. The van der Waals surface area contributed by atoms with E-state index >= 15 is 0 Å². The predicted molar refractivity (Wildman–Crippen MR) is 141 cm³/mol. The van der Waals surface area contributed by atoms with Crippen LogP contribution in [0.2, 0.25) is 5.02 Å². The van der Waals surface area contributed by atoms with Gasteiger partial charge in [0.05, 0.1) is 22.7 Å². The second-order valence-corrected chi connectivity index (χ2v) is 12.3. The standard InChI is InChI=1S/C28H42ClN3O4/c1-20(15-21-9-5-4-6-10-21)25(34)31-14-13-28(36,27(18-31)11-7-8-12-27)19-32-17-22(26(35)30(2)3)23(29)16-24(32)33/h16-17,20-21,36H,4-15,18-19H2,1-3H3/t20-,28?/m1/s1. The number of amides is 2. The maximum atomic E-state index is 13.5. The number of pyridine rings is 1. The maximum absolute atomic E-state index is 13.5. The summed E-state index contributed by atoms with van der Waals surface area (Å²) in [5.74, 6) is 0.562. The van der Waals surface area contributed by atoms with E-state index in [4.69, 9.17) is 11.6 Å². The Kier molecular flexibility index (Phi) is 8.20. The fraction of sp³-hybridized carbons (Fsp3) is 0.750. The van der Waals surface area contributed by atoms with Gasteiger partial charge in [-0.05, 0) is 31.6 Å². The van der Waals surface area contributed by atoms with Crippen molar-refractivity contribution in [3.63, 3.8) is 0 Å². The molecule has 3 aliphatic rings. The highest BCUT2D eigenvalue weighted by molar-refractivity contribution is 6.33. The highest BCUT2D eigenvalue weighted by Crippen LogP contribution is 2.52. The van der Waals surface area contributed by atoms with Crippen molar-refractivity contribution in [2.45, 2.75) is 89.7 Å². The van der Waals surface area contributed by atoms with Crippen LogP contribution in [0.4, 0.5) is 0 Å². The molecule has 2 saturated carbocycles. The molecule has 1 N–H and O–H groups in total. The van der Waals surface area contributed by atoms with Gasteiger partial charge in [0.2, 0.25) is 5.91 Å². The number of rotatable bonds is 6. The lowest BCUT2D eigenvalue weighted by Gasteiger charge is -2.53.